The van der Waals surface area contributed by atoms with Gasteiger partial charge in [-0.3, -0.25) is 9.36 Å². The van der Waals surface area contributed by atoms with E-state index in [1.807, 2.05) is 0 Å². The largest absolute Gasteiger partial charge is 0.493 e. The molecule has 4 rings (SSSR count). The minimum atomic E-state index is -0.898. The summed E-state index contributed by atoms with van der Waals surface area (Å²) in [6, 6.07) is 6.03. The third-order valence-corrected chi connectivity index (χ3v) is 7.82. The van der Waals surface area contributed by atoms with Gasteiger partial charge in [-0.1, -0.05) is 33.2 Å². The van der Waals surface area contributed by atoms with Crippen LogP contribution in [0.1, 0.15) is 31.0 Å². The highest BCUT2D eigenvalue weighted by Gasteiger charge is 2.34. The predicted molar refractivity (Wildman–Crippen MR) is 162 cm³/mol. The maximum Gasteiger partial charge on any atom is 0.338 e. The summed E-state index contributed by atoms with van der Waals surface area (Å²) in [5.41, 5.74) is 1.35. The van der Waals surface area contributed by atoms with Gasteiger partial charge in [0.25, 0.3) is 5.56 Å². The van der Waals surface area contributed by atoms with Crippen molar-refractivity contribution in [2.75, 3.05) is 41.7 Å². The van der Waals surface area contributed by atoms with Gasteiger partial charge in [-0.25, -0.2) is 9.79 Å². The monoisotopic (exact) mass is 656 g/mol. The van der Waals surface area contributed by atoms with E-state index in [-0.39, 0.29) is 24.3 Å². The molecule has 0 N–H and O–H groups in total. The van der Waals surface area contributed by atoms with Crippen molar-refractivity contribution in [3.8, 4) is 41.1 Å². The first-order valence-electron chi connectivity index (χ1n) is 12.7. The smallest absolute Gasteiger partial charge is 0.338 e. The summed E-state index contributed by atoms with van der Waals surface area (Å²) in [4.78, 5) is 32.5. The van der Waals surface area contributed by atoms with Gasteiger partial charge in [-0.2, -0.15) is 0 Å². The third-order valence-electron chi connectivity index (χ3n) is 6.37. The van der Waals surface area contributed by atoms with Crippen LogP contribution in [0.15, 0.2) is 49.8 Å². The van der Waals surface area contributed by atoms with E-state index in [4.69, 9.17) is 34.8 Å². The number of fused-ring (bicyclic) bond motifs is 1. The Morgan fingerprint density at radius 2 is 1.71 bits per heavy atom. The zero-order valence-electron chi connectivity index (χ0n) is 23.9. The lowest BCUT2D eigenvalue weighted by molar-refractivity contribution is -0.139. The van der Waals surface area contributed by atoms with E-state index >= 15 is 0 Å². The molecule has 12 heteroatoms. The fourth-order valence-electron chi connectivity index (χ4n) is 4.62. The van der Waals surface area contributed by atoms with Gasteiger partial charge < -0.3 is 28.4 Å². The number of rotatable bonds is 10. The van der Waals surface area contributed by atoms with Crippen LogP contribution in [-0.4, -0.2) is 52.2 Å². The van der Waals surface area contributed by atoms with Gasteiger partial charge in [0.2, 0.25) is 5.75 Å². The Balaban J connectivity index is 2.03. The summed E-state index contributed by atoms with van der Waals surface area (Å²) in [6.45, 7) is 3.57. The predicted octanol–water partition coefficient (Wildman–Crippen LogP) is 3.61. The maximum absolute atomic E-state index is 14.1. The molecule has 0 spiro atoms. The molecule has 1 aromatic heterocycles. The van der Waals surface area contributed by atoms with E-state index < -0.39 is 12.0 Å². The first-order valence-corrected chi connectivity index (χ1v) is 14.3. The number of thiazole rings is 1. The van der Waals surface area contributed by atoms with Gasteiger partial charge >= 0.3 is 5.97 Å². The number of carbonyl (C=O) groups excluding carboxylic acids is 1. The Hall–Kier alpha value is -4.21. The first kappa shape index (κ1) is 30.7. The summed E-state index contributed by atoms with van der Waals surface area (Å²) in [6.07, 6.45) is 7.10. The normalized spacial score (nSPS) is 14.4. The first-order chi connectivity index (χ1) is 20.2. The highest BCUT2D eigenvalue weighted by atomic mass is 79.9. The fraction of sp³-hybridized carbons (Fsp3) is 0.300. The number of benzene rings is 2. The topological polar surface area (TPSA) is 107 Å². The standard InChI is InChI=1S/C30H29BrN2O8S/c1-8-10-41-26-18(11-19(31)15-22(26)38-6)14-23-28(34)33-25(17-12-20(36-4)27(39-7)21(13-17)37-5)24(29(35)40-9-2)16(3)32-30(33)42-23/h1,11-15,25H,9-10H2,2-7H3/b23-14-/t25-/m0/s1. The molecular formula is C30H29BrN2O8S. The van der Waals surface area contributed by atoms with Gasteiger partial charge in [-0.15, -0.1) is 6.42 Å². The van der Waals surface area contributed by atoms with E-state index in [1.54, 1.807) is 44.2 Å². The number of nitrogens with zero attached hydrogens (tertiary/aromatic N) is 2. The minimum Gasteiger partial charge on any atom is -0.493 e. The van der Waals surface area contributed by atoms with Crippen LogP contribution in [0, 0.1) is 12.3 Å². The molecule has 2 heterocycles. The Kier molecular flexibility index (Phi) is 9.65. The number of hydrogen-bond donors (Lipinski definition) is 0. The van der Waals surface area contributed by atoms with Gasteiger partial charge in [0.1, 0.15) is 6.61 Å². The molecule has 10 nitrogen and oxygen atoms in total. The van der Waals surface area contributed by atoms with Crippen molar-refractivity contribution in [2.45, 2.75) is 19.9 Å². The zero-order valence-corrected chi connectivity index (χ0v) is 26.3. The van der Waals surface area contributed by atoms with Crippen LogP contribution < -0.4 is 38.6 Å². The van der Waals surface area contributed by atoms with Crippen LogP contribution in [0.4, 0.5) is 0 Å². The zero-order chi connectivity index (χ0) is 30.6. The van der Waals surface area contributed by atoms with E-state index in [2.05, 4.69) is 26.8 Å². The second kappa shape index (κ2) is 13.2. The van der Waals surface area contributed by atoms with Crippen molar-refractivity contribution in [3.05, 3.63) is 70.8 Å². The Morgan fingerprint density at radius 1 is 1.07 bits per heavy atom. The molecular weight excluding hydrogens is 628 g/mol. The quantitative estimate of drug-likeness (QED) is 0.241. The molecule has 0 saturated carbocycles. The number of halogens is 1. The van der Waals surface area contributed by atoms with Crippen LogP contribution in [0.2, 0.25) is 0 Å². The SMILES string of the molecule is C#CCOc1c(/C=c2\sc3n(c2=O)[C@@H](c2cc(OC)c(OC)c(OC)c2)C(C(=O)OCC)=C(C)N=3)cc(Br)cc1OC. The molecule has 3 aromatic rings. The average Bonchev–Trinajstić information content (AvgIpc) is 3.28. The van der Waals surface area contributed by atoms with Crippen LogP contribution >= 0.6 is 27.3 Å². The van der Waals surface area contributed by atoms with E-state index in [1.165, 1.54) is 44.3 Å². The molecule has 0 fully saturated rings. The maximum atomic E-state index is 14.1. The van der Waals surface area contributed by atoms with E-state index in [9.17, 15) is 9.59 Å². The van der Waals surface area contributed by atoms with Crippen molar-refractivity contribution < 1.29 is 33.2 Å². The van der Waals surface area contributed by atoms with Crippen LogP contribution in [0.25, 0.3) is 6.08 Å². The molecule has 1 aliphatic rings. The second-order valence-electron chi connectivity index (χ2n) is 8.78. The summed E-state index contributed by atoms with van der Waals surface area (Å²) in [7, 11) is 5.99. The number of ether oxygens (including phenoxy) is 6. The van der Waals surface area contributed by atoms with Gasteiger partial charge in [0, 0.05) is 10.0 Å². The van der Waals surface area contributed by atoms with E-state index in [0.717, 1.165) is 0 Å². The Labute approximate surface area is 254 Å². The Morgan fingerprint density at radius 3 is 2.29 bits per heavy atom. The highest BCUT2D eigenvalue weighted by Crippen LogP contribution is 2.42. The minimum absolute atomic E-state index is 0.00329. The molecule has 220 valence electrons. The fourth-order valence-corrected chi connectivity index (χ4v) is 6.12. The number of allylic oxidation sites excluding steroid dienone is 1. The summed E-state index contributed by atoms with van der Waals surface area (Å²) in [5.74, 6) is 3.78. The van der Waals surface area contributed by atoms with Crippen molar-refractivity contribution >= 4 is 39.3 Å². The highest BCUT2D eigenvalue weighted by molar-refractivity contribution is 9.10. The molecule has 2 aromatic carbocycles. The molecule has 1 aliphatic heterocycles. The number of hydrogen-bond acceptors (Lipinski definition) is 10. The molecule has 0 unspecified atom stereocenters. The number of carbonyl (C=O) groups is 1. The Bertz CT molecular complexity index is 1760. The average molecular weight is 658 g/mol. The molecule has 0 radical (unpaired) electrons. The molecule has 0 bridgehead atoms. The van der Waals surface area contributed by atoms with Crippen molar-refractivity contribution in [1.82, 2.24) is 4.57 Å². The van der Waals surface area contributed by atoms with Gasteiger partial charge in [-0.05, 0) is 49.8 Å². The molecule has 0 amide bonds. The number of terminal acetylenes is 1. The van der Waals surface area contributed by atoms with Crippen LogP contribution in [-0.2, 0) is 9.53 Å². The van der Waals surface area contributed by atoms with Crippen LogP contribution in [0.5, 0.6) is 28.7 Å². The van der Waals surface area contributed by atoms with Crippen LogP contribution in [0.3, 0.4) is 0 Å². The number of aromatic nitrogens is 1. The summed E-state index contributed by atoms with van der Waals surface area (Å²) in [5, 5.41) is 0. The molecule has 42 heavy (non-hydrogen) atoms. The van der Waals surface area contributed by atoms with Gasteiger partial charge in [0.15, 0.2) is 27.8 Å². The molecule has 0 aliphatic carbocycles. The van der Waals surface area contributed by atoms with Crippen molar-refractivity contribution in [3.63, 3.8) is 0 Å². The lowest BCUT2D eigenvalue weighted by atomic mass is 9.95. The van der Waals surface area contributed by atoms with Gasteiger partial charge in [0.05, 0.1) is 56.9 Å². The lowest BCUT2D eigenvalue weighted by Gasteiger charge is -2.26. The molecule has 1 atom stereocenters. The van der Waals surface area contributed by atoms with Crippen molar-refractivity contribution in [1.29, 1.82) is 0 Å². The number of esters is 1. The van der Waals surface area contributed by atoms with E-state index in [0.29, 0.717) is 59.4 Å². The summed E-state index contributed by atoms with van der Waals surface area (Å²) >= 11 is 4.65. The summed E-state index contributed by atoms with van der Waals surface area (Å²) < 4.78 is 35.8. The second-order valence-corrected chi connectivity index (χ2v) is 10.7. The number of methoxy groups -OCH3 is 4. The van der Waals surface area contributed by atoms with Crippen molar-refractivity contribution in [2.24, 2.45) is 4.99 Å². The lowest BCUT2D eigenvalue weighted by Crippen LogP contribution is -2.40. The molecule has 0 saturated heterocycles. The third kappa shape index (κ3) is 5.75.